The first-order valence-corrected chi connectivity index (χ1v) is 2.55. The van der Waals surface area contributed by atoms with Gasteiger partial charge in [0.25, 0.3) is 0 Å². The van der Waals surface area contributed by atoms with Gasteiger partial charge in [0.1, 0.15) is 6.04 Å². The van der Waals surface area contributed by atoms with Crippen LogP contribution in [0.2, 0.25) is 0 Å². The number of hydrogen-bond acceptors (Lipinski definition) is 3. The Balaban J connectivity index is 0. The first kappa shape index (κ1) is 13.1. The molecule has 0 aliphatic carbocycles. The van der Waals surface area contributed by atoms with Crippen molar-refractivity contribution in [2.24, 2.45) is 11.5 Å². The monoisotopic (exact) mass is 254 g/mol. The SMILES string of the molecule is NC(=O)NC[C@H](N)C(=O)O.[Ag]. The molecule has 0 aromatic carbocycles. The number of amides is 2. The Labute approximate surface area is 78.8 Å². The maximum absolute atomic E-state index is 9.99. The van der Waals surface area contributed by atoms with Gasteiger partial charge in [-0.1, -0.05) is 0 Å². The van der Waals surface area contributed by atoms with Crippen LogP contribution in [0.1, 0.15) is 0 Å². The molecule has 0 fully saturated rings. The van der Waals surface area contributed by atoms with Crippen LogP contribution in [0.25, 0.3) is 0 Å². The van der Waals surface area contributed by atoms with E-state index in [9.17, 15) is 9.59 Å². The zero-order valence-corrected chi connectivity index (χ0v) is 6.99. The molecule has 0 aromatic heterocycles. The number of nitrogens with two attached hydrogens (primary N) is 2. The Kier molecular flexibility index (Phi) is 7.33. The molecule has 0 spiro atoms. The van der Waals surface area contributed by atoms with E-state index in [4.69, 9.17) is 10.8 Å². The van der Waals surface area contributed by atoms with Gasteiger partial charge in [-0.2, -0.15) is 0 Å². The van der Waals surface area contributed by atoms with Crippen LogP contribution < -0.4 is 16.8 Å². The summed E-state index contributed by atoms with van der Waals surface area (Å²) in [7, 11) is 0. The van der Waals surface area contributed by atoms with E-state index in [0.717, 1.165) is 0 Å². The van der Waals surface area contributed by atoms with Crippen LogP contribution in [0.3, 0.4) is 0 Å². The van der Waals surface area contributed by atoms with Crippen LogP contribution in [-0.2, 0) is 27.2 Å². The number of carbonyl (C=O) groups excluding carboxylic acids is 1. The zero-order chi connectivity index (χ0) is 8.15. The summed E-state index contributed by atoms with van der Waals surface area (Å²) in [5.41, 5.74) is 9.64. The van der Waals surface area contributed by atoms with Crippen LogP contribution >= 0.6 is 0 Å². The third-order valence-corrected chi connectivity index (χ3v) is 0.813. The van der Waals surface area contributed by atoms with Gasteiger partial charge in [0.05, 0.1) is 0 Å². The van der Waals surface area contributed by atoms with Gasteiger partial charge in [-0.25, -0.2) is 4.79 Å². The number of carboxylic acid groups (broad SMARTS) is 1. The van der Waals surface area contributed by atoms with Gasteiger partial charge < -0.3 is 21.9 Å². The molecule has 6 N–H and O–H groups in total. The first-order chi connectivity index (χ1) is 4.54. The summed E-state index contributed by atoms with van der Waals surface area (Å²) < 4.78 is 0. The Hall–Kier alpha value is -0.560. The Morgan fingerprint density at radius 2 is 2.00 bits per heavy atom. The minimum atomic E-state index is -1.17. The molecule has 1 atom stereocenters. The van der Waals surface area contributed by atoms with E-state index < -0.39 is 18.0 Å². The molecule has 0 saturated heterocycles. The van der Waals surface area contributed by atoms with Crippen molar-refractivity contribution < 1.29 is 37.1 Å². The minimum absolute atomic E-state index is 0. The normalized spacial score (nSPS) is 11.0. The smallest absolute Gasteiger partial charge is 0.322 e. The Morgan fingerprint density at radius 1 is 1.55 bits per heavy atom. The molecule has 7 heteroatoms. The molecule has 0 aromatic rings. The molecule has 0 unspecified atom stereocenters. The van der Waals surface area contributed by atoms with Gasteiger partial charge in [0.2, 0.25) is 0 Å². The summed E-state index contributed by atoms with van der Waals surface area (Å²) in [6.45, 7) is -0.148. The summed E-state index contributed by atoms with van der Waals surface area (Å²) in [5, 5.41) is 10.2. The minimum Gasteiger partial charge on any atom is -0.480 e. The number of rotatable bonds is 3. The van der Waals surface area contributed by atoms with E-state index in [1.165, 1.54) is 0 Å². The quantitative estimate of drug-likeness (QED) is 0.439. The van der Waals surface area contributed by atoms with Gasteiger partial charge in [0.15, 0.2) is 0 Å². The van der Waals surface area contributed by atoms with Gasteiger partial charge in [-0.3, -0.25) is 4.79 Å². The summed E-state index contributed by atoms with van der Waals surface area (Å²) in [6.07, 6.45) is 0. The second-order valence-electron chi connectivity index (χ2n) is 1.69. The van der Waals surface area contributed by atoms with Gasteiger partial charge in [-0.05, 0) is 0 Å². The summed E-state index contributed by atoms with van der Waals surface area (Å²) in [5.74, 6) is -1.17. The molecular formula is C4H9AgN3O3. The molecule has 0 bridgehead atoms. The molecule has 11 heavy (non-hydrogen) atoms. The fourth-order valence-electron chi connectivity index (χ4n) is 0.298. The second-order valence-corrected chi connectivity index (χ2v) is 1.69. The Morgan fingerprint density at radius 3 is 2.27 bits per heavy atom. The summed E-state index contributed by atoms with van der Waals surface area (Å²) >= 11 is 0. The predicted molar refractivity (Wildman–Crippen MR) is 33.2 cm³/mol. The van der Waals surface area contributed by atoms with E-state index in [2.05, 4.69) is 11.1 Å². The van der Waals surface area contributed by atoms with Crippen molar-refractivity contribution in [3.05, 3.63) is 0 Å². The van der Waals surface area contributed by atoms with Crippen LogP contribution in [-0.4, -0.2) is 29.7 Å². The molecule has 1 radical (unpaired) electrons. The average Bonchev–Trinajstić information content (AvgIpc) is 1.82. The Bertz CT molecular complexity index is 152. The molecule has 69 valence electrons. The topological polar surface area (TPSA) is 118 Å². The number of hydrogen-bond donors (Lipinski definition) is 4. The second kappa shape index (κ2) is 6.17. The van der Waals surface area contributed by atoms with E-state index in [0.29, 0.717) is 0 Å². The van der Waals surface area contributed by atoms with Gasteiger partial charge in [0, 0.05) is 28.9 Å². The van der Waals surface area contributed by atoms with Crippen molar-refractivity contribution in [1.82, 2.24) is 5.32 Å². The van der Waals surface area contributed by atoms with Crippen molar-refractivity contribution in [3.8, 4) is 0 Å². The van der Waals surface area contributed by atoms with Crippen molar-refractivity contribution in [2.45, 2.75) is 6.04 Å². The maximum Gasteiger partial charge on any atom is 0.322 e. The predicted octanol–water partition coefficient (Wildman–Crippen LogP) is -1.94. The number of urea groups is 1. The molecule has 0 aliphatic heterocycles. The fourth-order valence-corrected chi connectivity index (χ4v) is 0.298. The maximum atomic E-state index is 9.99. The van der Waals surface area contributed by atoms with Crippen molar-refractivity contribution >= 4 is 12.0 Å². The van der Waals surface area contributed by atoms with Crippen LogP contribution in [0.15, 0.2) is 0 Å². The van der Waals surface area contributed by atoms with Crippen molar-refractivity contribution in [1.29, 1.82) is 0 Å². The van der Waals surface area contributed by atoms with Gasteiger partial charge >= 0.3 is 12.0 Å². The fraction of sp³-hybridized carbons (Fsp3) is 0.500. The largest absolute Gasteiger partial charge is 0.480 e. The third-order valence-electron chi connectivity index (χ3n) is 0.813. The third kappa shape index (κ3) is 7.34. The zero-order valence-electron chi connectivity index (χ0n) is 5.50. The van der Waals surface area contributed by atoms with Crippen molar-refractivity contribution in [3.63, 3.8) is 0 Å². The molecular weight excluding hydrogens is 246 g/mol. The standard InChI is InChI=1S/C4H9N3O3.Ag/c5-2(3(8)9)1-7-4(6)10;/h2H,1,5H2,(H,8,9)(H3,6,7,10);/t2-;/m0./s1. The number of primary amides is 1. The van der Waals surface area contributed by atoms with Crippen LogP contribution in [0, 0.1) is 0 Å². The number of aliphatic carboxylic acids is 1. The van der Waals surface area contributed by atoms with E-state index >= 15 is 0 Å². The molecule has 0 saturated carbocycles. The first-order valence-electron chi connectivity index (χ1n) is 2.55. The average molecular weight is 255 g/mol. The number of nitrogens with one attached hydrogen (secondary N) is 1. The number of carbonyl (C=O) groups is 2. The summed E-state index contributed by atoms with van der Waals surface area (Å²) in [4.78, 5) is 20.0. The van der Waals surface area contributed by atoms with E-state index in [1.54, 1.807) is 0 Å². The number of carboxylic acids is 1. The molecule has 2 amide bonds. The van der Waals surface area contributed by atoms with Crippen LogP contribution in [0.4, 0.5) is 4.79 Å². The summed E-state index contributed by atoms with van der Waals surface area (Å²) in [6, 6.07) is -1.87. The van der Waals surface area contributed by atoms with Crippen molar-refractivity contribution in [2.75, 3.05) is 6.54 Å². The molecule has 0 aliphatic rings. The van der Waals surface area contributed by atoms with Gasteiger partial charge in [-0.15, -0.1) is 0 Å². The molecule has 6 nitrogen and oxygen atoms in total. The molecule has 0 rings (SSSR count). The van der Waals surface area contributed by atoms with Crippen LogP contribution in [0.5, 0.6) is 0 Å². The van der Waals surface area contributed by atoms with E-state index in [1.807, 2.05) is 0 Å². The molecule has 0 heterocycles. The van der Waals surface area contributed by atoms with E-state index in [-0.39, 0.29) is 28.9 Å².